The van der Waals surface area contributed by atoms with Gasteiger partial charge in [-0.25, -0.2) is 4.98 Å². The van der Waals surface area contributed by atoms with Crippen molar-refractivity contribution in [1.29, 1.82) is 5.26 Å². The van der Waals surface area contributed by atoms with Crippen molar-refractivity contribution in [2.45, 2.75) is 6.54 Å². The Morgan fingerprint density at radius 1 is 1.32 bits per heavy atom. The smallest absolute Gasteiger partial charge is 0.142 e. The topological polar surface area (TPSA) is 49.1 Å². The number of aromatic nitrogens is 1. The van der Waals surface area contributed by atoms with Crippen LogP contribution in [0.25, 0.3) is 0 Å². The fourth-order valence-corrected chi connectivity index (χ4v) is 1.85. The van der Waals surface area contributed by atoms with Gasteiger partial charge in [0.2, 0.25) is 0 Å². The minimum Gasteiger partial charge on any atom is -0.497 e. The van der Waals surface area contributed by atoms with Crippen molar-refractivity contribution in [3.05, 3.63) is 53.9 Å². The average molecular weight is 253 g/mol. The molecule has 0 fully saturated rings. The van der Waals surface area contributed by atoms with Gasteiger partial charge in [-0.1, -0.05) is 12.1 Å². The van der Waals surface area contributed by atoms with E-state index < -0.39 is 0 Å². The quantitative estimate of drug-likeness (QED) is 0.840. The third-order valence-corrected chi connectivity index (χ3v) is 2.85. The molecule has 0 radical (unpaired) electrons. The van der Waals surface area contributed by atoms with Crippen LogP contribution in [0.1, 0.15) is 11.3 Å². The van der Waals surface area contributed by atoms with Crippen molar-refractivity contribution >= 4 is 5.69 Å². The van der Waals surface area contributed by atoms with Crippen LogP contribution in [0.3, 0.4) is 0 Å². The molecule has 1 heterocycles. The van der Waals surface area contributed by atoms with E-state index in [-0.39, 0.29) is 0 Å². The van der Waals surface area contributed by atoms with Gasteiger partial charge in [0.25, 0.3) is 0 Å². The van der Waals surface area contributed by atoms with E-state index in [4.69, 9.17) is 10.00 Å². The number of anilines is 1. The molecule has 0 unspecified atom stereocenters. The number of rotatable bonds is 4. The molecule has 0 aliphatic carbocycles. The highest BCUT2D eigenvalue weighted by Gasteiger charge is 2.04. The highest BCUT2D eigenvalue weighted by atomic mass is 16.5. The van der Waals surface area contributed by atoms with E-state index in [1.807, 2.05) is 43.4 Å². The number of hydrogen-bond donors (Lipinski definition) is 0. The van der Waals surface area contributed by atoms with E-state index in [9.17, 15) is 0 Å². The molecule has 0 aliphatic rings. The molecule has 1 aromatic carbocycles. The number of pyridine rings is 1. The fraction of sp³-hybridized carbons (Fsp3) is 0.200. The zero-order valence-electron chi connectivity index (χ0n) is 11.0. The summed E-state index contributed by atoms with van der Waals surface area (Å²) in [6.07, 6.45) is 1.65. The van der Waals surface area contributed by atoms with Crippen LogP contribution >= 0.6 is 0 Å². The highest BCUT2D eigenvalue weighted by Crippen LogP contribution is 2.18. The lowest BCUT2D eigenvalue weighted by atomic mass is 10.2. The summed E-state index contributed by atoms with van der Waals surface area (Å²) >= 11 is 0. The van der Waals surface area contributed by atoms with Crippen LogP contribution in [-0.2, 0) is 6.54 Å². The maximum Gasteiger partial charge on any atom is 0.142 e. The van der Waals surface area contributed by atoms with Crippen molar-refractivity contribution in [2.24, 2.45) is 0 Å². The van der Waals surface area contributed by atoms with Crippen molar-refractivity contribution in [3.63, 3.8) is 0 Å². The summed E-state index contributed by atoms with van der Waals surface area (Å²) < 4.78 is 5.21. The molecule has 0 atom stereocenters. The molecule has 1 aromatic heterocycles. The van der Waals surface area contributed by atoms with E-state index >= 15 is 0 Å². The molecule has 0 N–H and O–H groups in total. The van der Waals surface area contributed by atoms with Crippen molar-refractivity contribution < 1.29 is 4.74 Å². The summed E-state index contributed by atoms with van der Waals surface area (Å²) in [5.74, 6) is 0.846. The summed E-state index contributed by atoms with van der Waals surface area (Å²) in [6, 6.07) is 13.7. The molecule has 2 rings (SSSR count). The number of nitrogens with zero attached hydrogens (tertiary/aromatic N) is 3. The first kappa shape index (κ1) is 12.9. The normalized spacial score (nSPS) is 9.74. The number of hydrogen-bond acceptors (Lipinski definition) is 4. The molecule has 0 aliphatic heterocycles. The Balaban J connectivity index is 2.15. The molecule has 19 heavy (non-hydrogen) atoms. The Morgan fingerprint density at radius 2 is 2.16 bits per heavy atom. The Labute approximate surface area is 112 Å². The van der Waals surface area contributed by atoms with Gasteiger partial charge in [-0.2, -0.15) is 5.26 Å². The fourth-order valence-electron chi connectivity index (χ4n) is 1.85. The zero-order chi connectivity index (χ0) is 13.7. The number of ether oxygens (including phenoxy) is 1. The Hall–Kier alpha value is -2.54. The van der Waals surface area contributed by atoms with Crippen molar-refractivity contribution in [2.75, 3.05) is 19.1 Å². The highest BCUT2D eigenvalue weighted by molar-refractivity contribution is 5.48. The molecule has 0 spiro atoms. The molecule has 0 saturated heterocycles. The lowest BCUT2D eigenvalue weighted by Gasteiger charge is -2.19. The van der Waals surface area contributed by atoms with Crippen LogP contribution in [0.4, 0.5) is 5.69 Å². The third-order valence-electron chi connectivity index (χ3n) is 2.85. The van der Waals surface area contributed by atoms with Crippen LogP contribution in [0.5, 0.6) is 5.75 Å². The first-order chi connectivity index (χ1) is 9.22. The van der Waals surface area contributed by atoms with Gasteiger partial charge in [-0.3, -0.25) is 0 Å². The standard InChI is InChI=1S/C15H15N3O/c1-18(14-6-7-17-13(9-14)10-16)11-12-4-3-5-15(8-12)19-2/h3-9H,11H2,1-2H3. The van der Waals surface area contributed by atoms with Gasteiger partial charge in [0.1, 0.15) is 17.5 Å². The van der Waals surface area contributed by atoms with Gasteiger partial charge >= 0.3 is 0 Å². The van der Waals surface area contributed by atoms with E-state index in [0.29, 0.717) is 5.69 Å². The monoisotopic (exact) mass is 253 g/mol. The number of benzene rings is 1. The van der Waals surface area contributed by atoms with Crippen LogP contribution in [-0.4, -0.2) is 19.1 Å². The average Bonchev–Trinajstić information content (AvgIpc) is 2.47. The SMILES string of the molecule is COc1cccc(CN(C)c2ccnc(C#N)c2)c1. The van der Waals surface area contributed by atoms with Gasteiger partial charge in [0.15, 0.2) is 0 Å². The Bertz CT molecular complexity index is 604. The Morgan fingerprint density at radius 3 is 2.89 bits per heavy atom. The summed E-state index contributed by atoms with van der Waals surface area (Å²) in [4.78, 5) is 6.03. The predicted octanol–water partition coefficient (Wildman–Crippen LogP) is 2.60. The minimum atomic E-state index is 0.426. The maximum atomic E-state index is 8.85. The zero-order valence-corrected chi connectivity index (χ0v) is 11.0. The molecule has 0 bridgehead atoms. The molecule has 2 aromatic rings. The first-order valence-electron chi connectivity index (χ1n) is 5.93. The van der Waals surface area contributed by atoms with Gasteiger partial charge in [0, 0.05) is 25.5 Å². The molecular weight excluding hydrogens is 238 g/mol. The summed E-state index contributed by atoms with van der Waals surface area (Å²) in [6.45, 7) is 0.742. The lowest BCUT2D eigenvalue weighted by Crippen LogP contribution is -2.16. The molecule has 4 nitrogen and oxygen atoms in total. The largest absolute Gasteiger partial charge is 0.497 e. The van der Waals surface area contributed by atoms with Crippen LogP contribution < -0.4 is 9.64 Å². The summed E-state index contributed by atoms with van der Waals surface area (Å²) in [5.41, 5.74) is 2.54. The second kappa shape index (κ2) is 5.87. The van der Waals surface area contributed by atoms with Gasteiger partial charge in [0.05, 0.1) is 7.11 Å². The van der Waals surface area contributed by atoms with Gasteiger partial charge in [-0.05, 0) is 29.8 Å². The van der Waals surface area contributed by atoms with E-state index in [1.54, 1.807) is 19.4 Å². The minimum absolute atomic E-state index is 0.426. The molecule has 4 heteroatoms. The van der Waals surface area contributed by atoms with Crippen LogP contribution in [0.15, 0.2) is 42.6 Å². The van der Waals surface area contributed by atoms with Crippen LogP contribution in [0, 0.1) is 11.3 Å². The van der Waals surface area contributed by atoms with Crippen molar-refractivity contribution in [3.8, 4) is 11.8 Å². The van der Waals surface area contributed by atoms with Crippen LogP contribution in [0.2, 0.25) is 0 Å². The lowest BCUT2D eigenvalue weighted by molar-refractivity contribution is 0.414. The number of nitriles is 1. The molecule has 0 amide bonds. The second-order valence-electron chi connectivity index (χ2n) is 4.22. The van der Waals surface area contributed by atoms with E-state index in [2.05, 4.69) is 9.88 Å². The number of methoxy groups -OCH3 is 1. The van der Waals surface area contributed by atoms with E-state index in [0.717, 1.165) is 23.5 Å². The van der Waals surface area contributed by atoms with Crippen molar-refractivity contribution in [1.82, 2.24) is 4.98 Å². The summed E-state index contributed by atoms with van der Waals surface area (Å²) in [7, 11) is 3.64. The molecule has 96 valence electrons. The predicted molar refractivity (Wildman–Crippen MR) is 74.1 cm³/mol. The van der Waals surface area contributed by atoms with Gasteiger partial charge in [-0.15, -0.1) is 0 Å². The summed E-state index contributed by atoms with van der Waals surface area (Å²) in [5, 5.41) is 8.85. The maximum absolute atomic E-state index is 8.85. The van der Waals surface area contributed by atoms with E-state index in [1.165, 1.54) is 0 Å². The van der Waals surface area contributed by atoms with Gasteiger partial charge < -0.3 is 9.64 Å². The molecule has 0 saturated carbocycles. The first-order valence-corrected chi connectivity index (χ1v) is 5.93. The molecular formula is C15H15N3O. The Kier molecular flexibility index (Phi) is 3.99. The second-order valence-corrected chi connectivity index (χ2v) is 4.22. The third kappa shape index (κ3) is 3.23.